The Morgan fingerprint density at radius 3 is 2.67 bits per heavy atom. The van der Waals surface area contributed by atoms with Gasteiger partial charge in [-0.05, 0) is 56.9 Å². The number of nitro benzene ring substituents is 1. The molecule has 14 heteroatoms. The Labute approximate surface area is 248 Å². The van der Waals surface area contributed by atoms with E-state index in [4.69, 9.17) is 14.2 Å². The molecular formula is C29H36N6O8. The number of nitrogens with one attached hydrogen (secondary N) is 3. The zero-order chi connectivity index (χ0) is 30.9. The first-order chi connectivity index (χ1) is 20.7. The van der Waals surface area contributed by atoms with E-state index in [1.165, 1.54) is 25.5 Å². The second kappa shape index (κ2) is 14.4. The summed E-state index contributed by atoms with van der Waals surface area (Å²) >= 11 is 0. The zero-order valence-corrected chi connectivity index (χ0v) is 24.3. The van der Waals surface area contributed by atoms with Gasteiger partial charge in [-0.3, -0.25) is 15.5 Å². The van der Waals surface area contributed by atoms with Crippen LogP contribution in [0.5, 0.6) is 11.5 Å². The normalized spacial score (nSPS) is 17.6. The van der Waals surface area contributed by atoms with Crippen LogP contribution in [0, 0.1) is 10.1 Å². The standard InChI is InChI=1S/C29H36N6O8/c1-4-42-24-15-19(27-26(28(37)41-3)18(2)31-29(38)32-27)8-11-23(24)43-17-25(36)33-30-16-20-14-21(35(39)40)9-10-22(20)34-12-6-5-7-13-34/h8-11,14-16,25,27,33,36H,4-7,12-13,17H2,1-3H3,(H2,31,32,38)/b30-16-/t25-,27+/m1/s1. The summed E-state index contributed by atoms with van der Waals surface area (Å²) in [4.78, 5) is 37.6. The molecule has 4 N–H and O–H groups in total. The van der Waals surface area contributed by atoms with Crippen LogP contribution in [-0.2, 0) is 9.53 Å². The third-order valence-electron chi connectivity index (χ3n) is 7.02. The van der Waals surface area contributed by atoms with E-state index < -0.39 is 29.2 Å². The van der Waals surface area contributed by atoms with E-state index in [2.05, 4.69) is 26.1 Å². The number of rotatable bonds is 12. The number of allylic oxidation sites excluding steroid dienone is 1. The number of nitrogens with zero attached hydrogens (tertiary/aromatic N) is 3. The van der Waals surface area contributed by atoms with E-state index in [9.17, 15) is 24.8 Å². The van der Waals surface area contributed by atoms with Crippen LogP contribution >= 0.6 is 0 Å². The summed E-state index contributed by atoms with van der Waals surface area (Å²) in [6.45, 7) is 5.22. The summed E-state index contributed by atoms with van der Waals surface area (Å²) < 4.78 is 16.4. The van der Waals surface area contributed by atoms with Crippen LogP contribution in [0.1, 0.15) is 50.3 Å². The highest BCUT2D eigenvalue weighted by Gasteiger charge is 2.32. The number of piperidine rings is 1. The molecule has 2 aromatic carbocycles. The number of non-ortho nitro benzene ring substituents is 1. The molecule has 1 saturated heterocycles. The lowest BCUT2D eigenvalue weighted by Crippen LogP contribution is -2.45. The number of hydrazone groups is 1. The van der Waals surface area contributed by atoms with Crippen molar-refractivity contribution in [3.8, 4) is 11.5 Å². The Bertz CT molecular complexity index is 1410. The average Bonchev–Trinajstić information content (AvgIpc) is 3.00. The molecule has 2 heterocycles. The third kappa shape index (κ3) is 7.71. The highest BCUT2D eigenvalue weighted by Crippen LogP contribution is 2.35. The number of hydrogen-bond acceptors (Lipinski definition) is 11. The molecule has 0 radical (unpaired) electrons. The predicted octanol–water partition coefficient (Wildman–Crippen LogP) is 3.11. The number of urea groups is 1. The Kier molecular flexibility index (Phi) is 10.4. The Morgan fingerprint density at radius 2 is 1.98 bits per heavy atom. The highest BCUT2D eigenvalue weighted by molar-refractivity contribution is 5.95. The molecule has 4 rings (SSSR count). The van der Waals surface area contributed by atoms with Gasteiger partial charge in [0.15, 0.2) is 17.7 Å². The monoisotopic (exact) mass is 596 g/mol. The molecular weight excluding hydrogens is 560 g/mol. The van der Waals surface area contributed by atoms with E-state index in [-0.39, 0.29) is 17.9 Å². The van der Waals surface area contributed by atoms with Crippen LogP contribution in [0.2, 0.25) is 0 Å². The van der Waals surface area contributed by atoms with E-state index in [0.717, 1.165) is 38.0 Å². The van der Waals surface area contributed by atoms with E-state index in [1.54, 1.807) is 38.1 Å². The lowest BCUT2D eigenvalue weighted by atomic mass is 9.95. The van der Waals surface area contributed by atoms with Gasteiger partial charge in [-0.1, -0.05) is 6.07 Å². The van der Waals surface area contributed by atoms with Crippen LogP contribution < -0.4 is 30.4 Å². The number of ether oxygens (including phenoxy) is 3. The molecule has 0 saturated carbocycles. The summed E-state index contributed by atoms with van der Waals surface area (Å²) in [5.41, 5.74) is 5.14. The highest BCUT2D eigenvalue weighted by atomic mass is 16.6. The maximum absolute atomic E-state index is 12.4. The van der Waals surface area contributed by atoms with Crippen LogP contribution in [0.3, 0.4) is 0 Å². The summed E-state index contributed by atoms with van der Waals surface area (Å²) in [5.74, 6) is 0.0754. The van der Waals surface area contributed by atoms with Gasteiger partial charge in [0, 0.05) is 42.2 Å². The minimum atomic E-state index is -1.22. The van der Waals surface area contributed by atoms with Crippen molar-refractivity contribution in [3.05, 3.63) is 68.9 Å². The molecule has 1 fully saturated rings. The fourth-order valence-corrected chi connectivity index (χ4v) is 5.00. The Hall–Kier alpha value is -4.85. The predicted molar refractivity (Wildman–Crippen MR) is 158 cm³/mol. The summed E-state index contributed by atoms with van der Waals surface area (Å²) in [5, 5.41) is 31.2. The molecule has 14 nitrogen and oxygen atoms in total. The van der Waals surface area contributed by atoms with Gasteiger partial charge >= 0.3 is 12.0 Å². The van der Waals surface area contributed by atoms with Gasteiger partial charge in [0.2, 0.25) is 0 Å². The van der Waals surface area contributed by atoms with Gasteiger partial charge in [0.25, 0.3) is 5.69 Å². The van der Waals surface area contributed by atoms with Gasteiger partial charge in [-0.15, -0.1) is 0 Å². The first-order valence-corrected chi connectivity index (χ1v) is 14.0. The molecule has 2 aliphatic rings. The summed E-state index contributed by atoms with van der Waals surface area (Å²) in [6.07, 6.45) is 3.46. The number of amides is 2. The van der Waals surface area contributed by atoms with Gasteiger partial charge in [-0.25, -0.2) is 9.59 Å². The van der Waals surface area contributed by atoms with Crippen molar-refractivity contribution < 1.29 is 33.8 Å². The Balaban J connectivity index is 1.45. The number of carbonyl (C=O) groups excluding carboxylic acids is 2. The van der Waals surface area contributed by atoms with Crippen LogP contribution in [0.25, 0.3) is 0 Å². The van der Waals surface area contributed by atoms with Crippen LogP contribution in [0.15, 0.2) is 52.8 Å². The number of aliphatic hydroxyl groups is 1. The molecule has 2 atom stereocenters. The number of carbonyl (C=O) groups is 2. The molecule has 2 aromatic rings. The largest absolute Gasteiger partial charge is 0.490 e. The van der Waals surface area contributed by atoms with E-state index >= 15 is 0 Å². The van der Waals surface area contributed by atoms with Gasteiger partial charge in [0.1, 0.15) is 6.61 Å². The van der Waals surface area contributed by atoms with Gasteiger partial charge in [-0.2, -0.15) is 5.10 Å². The number of anilines is 1. The fraction of sp³-hybridized carbons (Fsp3) is 0.414. The molecule has 0 unspecified atom stereocenters. The van der Waals surface area contributed by atoms with Crippen LogP contribution in [-0.4, -0.2) is 67.9 Å². The molecule has 0 spiro atoms. The number of benzene rings is 2. The number of methoxy groups -OCH3 is 1. The van der Waals surface area contributed by atoms with Crippen molar-refractivity contribution in [3.63, 3.8) is 0 Å². The van der Waals surface area contributed by atoms with Crippen molar-refractivity contribution in [2.24, 2.45) is 5.10 Å². The van der Waals surface area contributed by atoms with E-state index in [1.807, 2.05) is 0 Å². The lowest BCUT2D eigenvalue weighted by molar-refractivity contribution is -0.384. The SMILES string of the molecule is CCOc1cc([C@@H]2NC(=O)NC(C)=C2C(=O)OC)ccc1OC[C@@H](O)N/N=C\c1cc([N+](=O)[O-])ccc1N1CCCCC1. The first-order valence-electron chi connectivity index (χ1n) is 14.0. The number of aliphatic hydroxyl groups excluding tert-OH is 1. The maximum atomic E-state index is 12.4. The lowest BCUT2D eigenvalue weighted by Gasteiger charge is -2.29. The summed E-state index contributed by atoms with van der Waals surface area (Å²) in [6, 6.07) is 8.36. The van der Waals surface area contributed by atoms with Crippen molar-refractivity contribution in [1.29, 1.82) is 0 Å². The van der Waals surface area contributed by atoms with E-state index in [0.29, 0.717) is 34.9 Å². The topological polar surface area (TPSA) is 177 Å². The molecule has 43 heavy (non-hydrogen) atoms. The molecule has 0 bridgehead atoms. The second-order valence-corrected chi connectivity index (χ2v) is 9.96. The summed E-state index contributed by atoms with van der Waals surface area (Å²) in [7, 11) is 1.26. The quantitative estimate of drug-likeness (QED) is 0.0936. The van der Waals surface area contributed by atoms with Crippen molar-refractivity contribution in [2.45, 2.75) is 45.4 Å². The fourth-order valence-electron chi connectivity index (χ4n) is 5.00. The third-order valence-corrected chi connectivity index (χ3v) is 7.02. The first kappa shape index (κ1) is 31.1. The smallest absolute Gasteiger partial charge is 0.337 e. The Morgan fingerprint density at radius 1 is 1.21 bits per heavy atom. The number of nitro groups is 1. The zero-order valence-electron chi connectivity index (χ0n) is 24.3. The van der Waals surface area contributed by atoms with Crippen molar-refractivity contribution in [1.82, 2.24) is 16.1 Å². The second-order valence-electron chi connectivity index (χ2n) is 9.96. The molecule has 2 aliphatic heterocycles. The minimum absolute atomic E-state index is 0.0496. The van der Waals surface area contributed by atoms with Gasteiger partial charge in [0.05, 0.1) is 36.5 Å². The molecule has 0 aliphatic carbocycles. The van der Waals surface area contributed by atoms with Crippen LogP contribution in [0.4, 0.5) is 16.2 Å². The van der Waals surface area contributed by atoms with Gasteiger partial charge < -0.3 is 34.9 Å². The minimum Gasteiger partial charge on any atom is -0.490 e. The molecule has 0 aromatic heterocycles. The molecule has 230 valence electrons. The van der Waals surface area contributed by atoms with Crippen molar-refractivity contribution in [2.75, 3.05) is 38.3 Å². The van der Waals surface area contributed by atoms with Crippen molar-refractivity contribution >= 4 is 29.6 Å². The number of esters is 1. The molecule has 2 amide bonds. The average molecular weight is 597 g/mol. The maximum Gasteiger partial charge on any atom is 0.337 e. The number of hydrogen-bond donors (Lipinski definition) is 4.